The van der Waals surface area contributed by atoms with E-state index >= 15 is 4.39 Å². The standard InChI is InChI=1S/C24H43F4N5/c1-3-16-6-11-19(29-13-16)14-32(2)22-21(25)23(31-15-30-22)33-12-4-5-20(33)17-7-9-18(10-8-17)24(26,27)28/h16-23,29-31H,3-15H2,1-2H3. The van der Waals surface area contributed by atoms with Crippen molar-refractivity contribution in [3.63, 3.8) is 0 Å². The Morgan fingerprint density at radius 2 is 1.73 bits per heavy atom. The molecular weight excluding hydrogens is 434 g/mol. The van der Waals surface area contributed by atoms with E-state index in [-0.39, 0.29) is 37.1 Å². The van der Waals surface area contributed by atoms with E-state index in [0.29, 0.717) is 25.6 Å². The predicted octanol–water partition coefficient (Wildman–Crippen LogP) is 3.67. The highest BCUT2D eigenvalue weighted by molar-refractivity contribution is 4.97. The van der Waals surface area contributed by atoms with Crippen molar-refractivity contribution < 1.29 is 17.6 Å². The molecule has 0 radical (unpaired) electrons. The third-order valence-electron chi connectivity index (χ3n) is 8.88. The van der Waals surface area contributed by atoms with Gasteiger partial charge >= 0.3 is 6.18 Å². The van der Waals surface area contributed by atoms with Crippen LogP contribution in [0.1, 0.15) is 64.7 Å². The summed E-state index contributed by atoms with van der Waals surface area (Å²) in [4.78, 5) is 4.36. The summed E-state index contributed by atoms with van der Waals surface area (Å²) in [5.74, 6) is -0.169. The molecule has 0 aromatic heterocycles. The van der Waals surface area contributed by atoms with Crippen LogP contribution in [0.15, 0.2) is 0 Å². The van der Waals surface area contributed by atoms with Gasteiger partial charge in [0, 0.05) is 31.8 Å². The van der Waals surface area contributed by atoms with Gasteiger partial charge in [0.05, 0.1) is 18.2 Å². The van der Waals surface area contributed by atoms with Crippen molar-refractivity contribution in [1.82, 2.24) is 25.8 Å². The summed E-state index contributed by atoms with van der Waals surface area (Å²) in [7, 11) is 2.00. The fourth-order valence-electron chi connectivity index (χ4n) is 6.80. The summed E-state index contributed by atoms with van der Waals surface area (Å²) in [6.45, 7) is 5.45. The molecule has 3 aliphatic heterocycles. The minimum atomic E-state index is -4.08. The zero-order valence-corrected chi connectivity index (χ0v) is 20.2. The lowest BCUT2D eigenvalue weighted by Gasteiger charge is -2.47. The first kappa shape index (κ1) is 25.6. The average Bonchev–Trinajstić information content (AvgIpc) is 3.29. The molecule has 4 fully saturated rings. The Morgan fingerprint density at radius 1 is 0.970 bits per heavy atom. The third-order valence-corrected chi connectivity index (χ3v) is 8.88. The molecule has 9 heteroatoms. The fourth-order valence-corrected chi connectivity index (χ4v) is 6.80. The molecule has 33 heavy (non-hydrogen) atoms. The van der Waals surface area contributed by atoms with E-state index in [9.17, 15) is 13.2 Å². The average molecular weight is 478 g/mol. The molecule has 3 heterocycles. The molecule has 1 aliphatic carbocycles. The molecule has 6 atom stereocenters. The van der Waals surface area contributed by atoms with Crippen LogP contribution in [0, 0.1) is 17.8 Å². The molecule has 3 saturated heterocycles. The number of nitrogens with one attached hydrogen (secondary N) is 3. The van der Waals surface area contributed by atoms with Gasteiger partial charge in [-0.05, 0) is 76.8 Å². The molecule has 4 aliphatic rings. The topological polar surface area (TPSA) is 42.6 Å². The summed E-state index contributed by atoms with van der Waals surface area (Å²) >= 11 is 0. The first-order valence-electron chi connectivity index (χ1n) is 13.1. The number of likely N-dealkylation sites (N-methyl/N-ethyl adjacent to an activating group) is 1. The van der Waals surface area contributed by atoms with Crippen LogP contribution >= 0.6 is 0 Å². The highest BCUT2D eigenvalue weighted by Crippen LogP contribution is 2.43. The van der Waals surface area contributed by atoms with Crippen LogP contribution in [0.5, 0.6) is 0 Å². The van der Waals surface area contributed by atoms with Gasteiger partial charge in [-0.25, -0.2) is 4.39 Å². The molecule has 0 amide bonds. The molecule has 0 bridgehead atoms. The Morgan fingerprint density at radius 3 is 2.36 bits per heavy atom. The van der Waals surface area contributed by atoms with Gasteiger partial charge in [-0.2, -0.15) is 13.2 Å². The minimum absolute atomic E-state index is 0.185. The van der Waals surface area contributed by atoms with Crippen molar-refractivity contribution in [3.05, 3.63) is 0 Å². The van der Waals surface area contributed by atoms with Gasteiger partial charge in [0.15, 0.2) is 6.17 Å². The number of piperidine rings is 1. The Kier molecular flexibility index (Phi) is 8.58. The van der Waals surface area contributed by atoms with E-state index in [2.05, 4.69) is 32.7 Å². The van der Waals surface area contributed by atoms with E-state index in [1.807, 2.05) is 7.05 Å². The summed E-state index contributed by atoms with van der Waals surface area (Å²) < 4.78 is 55.2. The summed E-state index contributed by atoms with van der Waals surface area (Å²) in [5, 5.41) is 10.3. The summed E-state index contributed by atoms with van der Waals surface area (Å²) in [5.41, 5.74) is 0. The lowest BCUT2D eigenvalue weighted by Crippen LogP contribution is -2.70. The van der Waals surface area contributed by atoms with Crippen LogP contribution in [0.2, 0.25) is 0 Å². The first-order valence-corrected chi connectivity index (χ1v) is 13.1. The van der Waals surface area contributed by atoms with Crippen LogP contribution in [-0.4, -0.2) is 79.9 Å². The maximum Gasteiger partial charge on any atom is 0.391 e. The predicted molar refractivity (Wildman–Crippen MR) is 122 cm³/mol. The summed E-state index contributed by atoms with van der Waals surface area (Å²) in [6, 6.07) is 0.577. The Bertz CT molecular complexity index is 604. The molecule has 4 rings (SSSR count). The van der Waals surface area contributed by atoms with Gasteiger partial charge in [-0.1, -0.05) is 13.3 Å². The monoisotopic (exact) mass is 477 g/mol. The molecule has 0 spiro atoms. The molecular formula is C24H43F4N5. The van der Waals surface area contributed by atoms with E-state index in [1.54, 1.807) is 0 Å². The lowest BCUT2D eigenvalue weighted by molar-refractivity contribution is -0.185. The highest BCUT2D eigenvalue weighted by atomic mass is 19.4. The number of hydrogen-bond acceptors (Lipinski definition) is 5. The largest absolute Gasteiger partial charge is 0.391 e. The normalized spacial score (nSPS) is 41.5. The number of rotatable bonds is 6. The van der Waals surface area contributed by atoms with Crippen LogP contribution < -0.4 is 16.0 Å². The van der Waals surface area contributed by atoms with Crippen molar-refractivity contribution in [1.29, 1.82) is 0 Å². The Balaban J connectivity index is 1.32. The molecule has 1 saturated carbocycles. The second-order valence-corrected chi connectivity index (χ2v) is 10.9. The van der Waals surface area contributed by atoms with E-state index in [0.717, 1.165) is 44.8 Å². The fraction of sp³-hybridized carbons (Fsp3) is 1.00. The molecule has 0 aromatic carbocycles. The highest BCUT2D eigenvalue weighted by Gasteiger charge is 2.47. The third kappa shape index (κ3) is 6.02. The van der Waals surface area contributed by atoms with Crippen molar-refractivity contribution in [3.8, 4) is 0 Å². The van der Waals surface area contributed by atoms with Crippen LogP contribution in [-0.2, 0) is 0 Å². The van der Waals surface area contributed by atoms with Gasteiger partial charge < -0.3 is 5.32 Å². The van der Waals surface area contributed by atoms with E-state index in [4.69, 9.17) is 0 Å². The molecule has 192 valence electrons. The lowest BCUT2D eigenvalue weighted by atomic mass is 9.77. The number of halogens is 4. The van der Waals surface area contributed by atoms with Crippen molar-refractivity contribution in [2.45, 2.75) is 101 Å². The van der Waals surface area contributed by atoms with E-state index < -0.39 is 18.3 Å². The maximum atomic E-state index is 15.9. The first-order chi connectivity index (χ1) is 15.8. The molecule has 0 aromatic rings. The van der Waals surface area contributed by atoms with Gasteiger partial charge in [-0.3, -0.25) is 20.4 Å². The minimum Gasteiger partial charge on any atom is -0.312 e. The zero-order valence-electron chi connectivity index (χ0n) is 20.2. The van der Waals surface area contributed by atoms with Crippen molar-refractivity contribution in [2.75, 3.05) is 33.4 Å². The molecule has 5 nitrogen and oxygen atoms in total. The van der Waals surface area contributed by atoms with Crippen molar-refractivity contribution >= 4 is 0 Å². The SMILES string of the molecule is CCC1CCC(CN(C)C2NCNC(N3CCCC3C3CCC(C(F)(F)F)CC3)C2F)NC1. The number of hydrogen-bond donors (Lipinski definition) is 3. The second kappa shape index (κ2) is 11.1. The second-order valence-electron chi connectivity index (χ2n) is 10.9. The quantitative estimate of drug-likeness (QED) is 0.510. The van der Waals surface area contributed by atoms with Crippen molar-refractivity contribution in [2.24, 2.45) is 17.8 Å². The molecule has 6 unspecified atom stereocenters. The van der Waals surface area contributed by atoms with Crippen LogP contribution in [0.4, 0.5) is 17.6 Å². The van der Waals surface area contributed by atoms with Gasteiger partial charge in [0.1, 0.15) is 0 Å². The van der Waals surface area contributed by atoms with Gasteiger partial charge in [0.2, 0.25) is 0 Å². The Hall–Kier alpha value is -0.480. The van der Waals surface area contributed by atoms with Crippen LogP contribution in [0.3, 0.4) is 0 Å². The van der Waals surface area contributed by atoms with E-state index in [1.165, 1.54) is 12.8 Å². The van der Waals surface area contributed by atoms with Crippen LogP contribution in [0.25, 0.3) is 0 Å². The zero-order chi connectivity index (χ0) is 23.6. The number of likely N-dealkylation sites (tertiary alicyclic amines) is 1. The number of nitrogens with zero attached hydrogens (tertiary/aromatic N) is 2. The molecule has 3 N–H and O–H groups in total. The maximum absolute atomic E-state index is 15.9. The number of alkyl halides is 4. The smallest absolute Gasteiger partial charge is 0.312 e. The Labute approximate surface area is 196 Å². The van der Waals surface area contributed by atoms with Gasteiger partial charge in [0.25, 0.3) is 0 Å². The summed E-state index contributed by atoms with van der Waals surface area (Å²) in [6.07, 6.45) is 1.24. The van der Waals surface area contributed by atoms with Gasteiger partial charge in [-0.15, -0.1) is 0 Å².